The van der Waals surface area contributed by atoms with Gasteiger partial charge in [0.2, 0.25) is 0 Å². The Morgan fingerprint density at radius 3 is 2.60 bits per heavy atom. The van der Waals surface area contributed by atoms with Gasteiger partial charge in [0, 0.05) is 11.8 Å². The van der Waals surface area contributed by atoms with E-state index in [1.54, 1.807) is 0 Å². The van der Waals surface area contributed by atoms with Gasteiger partial charge in [0.1, 0.15) is 0 Å². The second-order valence-electron chi connectivity index (χ2n) is 2.99. The number of halogens is 2. The standard InChI is InChI=1S/C10H11F2NO2/c1-2-3-15-10(14)6-4-7(11)8(12)5-9(6)13/h4-5H,2-3,13H2,1H3. The van der Waals surface area contributed by atoms with Crippen molar-refractivity contribution in [1.29, 1.82) is 0 Å². The largest absolute Gasteiger partial charge is 0.462 e. The van der Waals surface area contributed by atoms with E-state index in [2.05, 4.69) is 0 Å². The average Bonchev–Trinajstić information content (AvgIpc) is 2.20. The Balaban J connectivity index is 2.94. The topological polar surface area (TPSA) is 52.3 Å². The molecule has 0 fully saturated rings. The fraction of sp³-hybridized carbons (Fsp3) is 0.300. The Morgan fingerprint density at radius 1 is 1.40 bits per heavy atom. The first kappa shape index (κ1) is 11.4. The number of rotatable bonds is 3. The van der Waals surface area contributed by atoms with Crippen LogP contribution in [0.3, 0.4) is 0 Å². The maximum absolute atomic E-state index is 12.8. The number of anilines is 1. The van der Waals surface area contributed by atoms with E-state index in [0.717, 1.165) is 12.1 Å². The van der Waals surface area contributed by atoms with Crippen LogP contribution in [-0.2, 0) is 4.74 Å². The van der Waals surface area contributed by atoms with Crippen LogP contribution in [0.1, 0.15) is 23.7 Å². The van der Waals surface area contributed by atoms with Crippen molar-refractivity contribution in [2.45, 2.75) is 13.3 Å². The third-order valence-electron chi connectivity index (χ3n) is 1.75. The lowest BCUT2D eigenvalue weighted by Crippen LogP contribution is -2.10. The fourth-order valence-corrected chi connectivity index (χ4v) is 1.01. The molecule has 2 N–H and O–H groups in total. The van der Waals surface area contributed by atoms with Crippen LogP contribution in [0, 0.1) is 11.6 Å². The molecule has 3 nitrogen and oxygen atoms in total. The van der Waals surface area contributed by atoms with E-state index in [9.17, 15) is 13.6 Å². The van der Waals surface area contributed by atoms with Crippen LogP contribution in [-0.4, -0.2) is 12.6 Å². The number of esters is 1. The summed E-state index contributed by atoms with van der Waals surface area (Å²) in [6, 6.07) is 1.50. The van der Waals surface area contributed by atoms with Crippen LogP contribution in [0.5, 0.6) is 0 Å². The molecule has 0 unspecified atom stereocenters. The van der Waals surface area contributed by atoms with Gasteiger partial charge in [0.15, 0.2) is 11.6 Å². The minimum atomic E-state index is -1.12. The Labute approximate surface area is 85.8 Å². The molecule has 1 aromatic rings. The van der Waals surface area contributed by atoms with E-state index < -0.39 is 17.6 Å². The molecule has 0 radical (unpaired) electrons. The first-order valence-corrected chi connectivity index (χ1v) is 4.48. The molecule has 0 aliphatic rings. The number of carbonyl (C=O) groups is 1. The van der Waals surface area contributed by atoms with Crippen molar-refractivity contribution in [1.82, 2.24) is 0 Å². The van der Waals surface area contributed by atoms with Gasteiger partial charge in [-0.15, -0.1) is 0 Å². The second kappa shape index (κ2) is 4.72. The average molecular weight is 215 g/mol. The summed E-state index contributed by atoms with van der Waals surface area (Å²) < 4.78 is 30.2. The molecule has 0 aliphatic carbocycles. The normalized spacial score (nSPS) is 10.1. The highest BCUT2D eigenvalue weighted by molar-refractivity contribution is 5.95. The molecule has 82 valence electrons. The van der Waals surface area contributed by atoms with Crippen LogP contribution < -0.4 is 5.73 Å². The van der Waals surface area contributed by atoms with Gasteiger partial charge in [0.25, 0.3) is 0 Å². The molecular formula is C10H11F2NO2. The van der Waals surface area contributed by atoms with Gasteiger partial charge in [-0.1, -0.05) is 6.92 Å². The van der Waals surface area contributed by atoms with Crippen LogP contribution in [0.25, 0.3) is 0 Å². The lowest BCUT2D eigenvalue weighted by Gasteiger charge is -2.06. The van der Waals surface area contributed by atoms with Crippen molar-refractivity contribution in [3.63, 3.8) is 0 Å². The van der Waals surface area contributed by atoms with Gasteiger partial charge in [-0.3, -0.25) is 0 Å². The predicted octanol–water partition coefficient (Wildman–Crippen LogP) is 2.11. The van der Waals surface area contributed by atoms with Crippen LogP contribution in [0.2, 0.25) is 0 Å². The molecule has 1 aromatic carbocycles. The Hall–Kier alpha value is -1.65. The minimum Gasteiger partial charge on any atom is -0.462 e. The zero-order valence-corrected chi connectivity index (χ0v) is 8.22. The monoisotopic (exact) mass is 215 g/mol. The SMILES string of the molecule is CCCOC(=O)c1cc(F)c(F)cc1N. The smallest absolute Gasteiger partial charge is 0.340 e. The third kappa shape index (κ3) is 2.65. The number of hydrogen-bond acceptors (Lipinski definition) is 3. The van der Waals surface area contributed by atoms with Crippen LogP contribution in [0.4, 0.5) is 14.5 Å². The maximum atomic E-state index is 12.8. The summed E-state index contributed by atoms with van der Waals surface area (Å²) >= 11 is 0. The zero-order valence-electron chi connectivity index (χ0n) is 8.22. The van der Waals surface area contributed by atoms with Crippen molar-refractivity contribution in [3.8, 4) is 0 Å². The molecule has 0 bridgehead atoms. The molecule has 0 heterocycles. The number of ether oxygens (including phenoxy) is 1. The van der Waals surface area contributed by atoms with E-state index in [0.29, 0.717) is 6.42 Å². The summed E-state index contributed by atoms with van der Waals surface area (Å²) in [5.41, 5.74) is 5.08. The Kier molecular flexibility index (Phi) is 3.60. The molecule has 0 atom stereocenters. The van der Waals surface area contributed by atoms with Gasteiger partial charge >= 0.3 is 5.97 Å². The van der Waals surface area contributed by atoms with Crippen molar-refractivity contribution >= 4 is 11.7 Å². The van der Waals surface area contributed by atoms with Crippen molar-refractivity contribution in [3.05, 3.63) is 29.3 Å². The van der Waals surface area contributed by atoms with Crippen LogP contribution >= 0.6 is 0 Å². The Bertz CT molecular complexity index is 380. The summed E-state index contributed by atoms with van der Waals surface area (Å²) in [6.45, 7) is 2.04. The minimum absolute atomic E-state index is 0.130. The summed E-state index contributed by atoms with van der Waals surface area (Å²) in [5.74, 6) is -2.94. The predicted molar refractivity (Wildman–Crippen MR) is 51.3 cm³/mol. The second-order valence-corrected chi connectivity index (χ2v) is 2.99. The zero-order chi connectivity index (χ0) is 11.4. The highest BCUT2D eigenvalue weighted by Crippen LogP contribution is 2.17. The lowest BCUT2D eigenvalue weighted by atomic mass is 10.1. The number of nitrogen functional groups attached to an aromatic ring is 1. The molecule has 0 saturated carbocycles. The van der Waals surface area contributed by atoms with Crippen molar-refractivity contribution in [2.75, 3.05) is 12.3 Å². The number of nitrogens with two attached hydrogens (primary N) is 1. The highest BCUT2D eigenvalue weighted by Gasteiger charge is 2.15. The van der Waals surface area contributed by atoms with Gasteiger partial charge in [-0.2, -0.15) is 0 Å². The van der Waals surface area contributed by atoms with E-state index in [1.165, 1.54) is 0 Å². The van der Waals surface area contributed by atoms with E-state index in [4.69, 9.17) is 10.5 Å². The third-order valence-corrected chi connectivity index (χ3v) is 1.75. The molecule has 0 aromatic heterocycles. The van der Waals surface area contributed by atoms with E-state index in [-0.39, 0.29) is 17.9 Å². The number of carbonyl (C=O) groups excluding carboxylic acids is 1. The summed E-state index contributed by atoms with van der Waals surface area (Å²) in [7, 11) is 0. The molecule has 0 amide bonds. The van der Waals surface area contributed by atoms with E-state index >= 15 is 0 Å². The summed E-state index contributed by atoms with van der Waals surface area (Å²) in [5, 5.41) is 0. The summed E-state index contributed by atoms with van der Waals surface area (Å²) in [4.78, 5) is 11.3. The molecule has 15 heavy (non-hydrogen) atoms. The number of hydrogen-bond donors (Lipinski definition) is 1. The lowest BCUT2D eigenvalue weighted by molar-refractivity contribution is 0.0505. The fourth-order valence-electron chi connectivity index (χ4n) is 1.01. The highest BCUT2D eigenvalue weighted by atomic mass is 19.2. The van der Waals surface area contributed by atoms with Gasteiger partial charge in [0.05, 0.1) is 12.2 Å². The summed E-state index contributed by atoms with van der Waals surface area (Å²) in [6.07, 6.45) is 0.648. The van der Waals surface area contributed by atoms with Crippen LogP contribution in [0.15, 0.2) is 12.1 Å². The van der Waals surface area contributed by atoms with Gasteiger partial charge < -0.3 is 10.5 Å². The van der Waals surface area contributed by atoms with Crippen molar-refractivity contribution < 1.29 is 18.3 Å². The molecule has 0 aliphatic heterocycles. The molecule has 5 heteroatoms. The number of benzene rings is 1. The molecule has 0 saturated heterocycles. The van der Waals surface area contributed by atoms with Gasteiger partial charge in [-0.25, -0.2) is 13.6 Å². The van der Waals surface area contributed by atoms with Gasteiger partial charge in [-0.05, 0) is 12.5 Å². The first-order valence-electron chi connectivity index (χ1n) is 4.48. The maximum Gasteiger partial charge on any atom is 0.340 e. The molecule has 1 rings (SSSR count). The first-order chi connectivity index (χ1) is 7.06. The Morgan fingerprint density at radius 2 is 2.00 bits per heavy atom. The van der Waals surface area contributed by atoms with E-state index in [1.807, 2.05) is 6.92 Å². The molecular weight excluding hydrogens is 204 g/mol. The quantitative estimate of drug-likeness (QED) is 0.620. The molecule has 0 spiro atoms. The van der Waals surface area contributed by atoms with Crippen molar-refractivity contribution in [2.24, 2.45) is 0 Å².